The number of halogens is 3. The highest BCUT2D eigenvalue weighted by molar-refractivity contribution is 6.42. The van der Waals surface area contributed by atoms with Crippen LogP contribution in [0.5, 0.6) is 0 Å². The van der Waals surface area contributed by atoms with Crippen molar-refractivity contribution in [2.75, 3.05) is 5.32 Å². The molecule has 0 saturated heterocycles. The van der Waals surface area contributed by atoms with E-state index in [0.29, 0.717) is 15.2 Å². The van der Waals surface area contributed by atoms with Crippen molar-refractivity contribution in [3.63, 3.8) is 0 Å². The van der Waals surface area contributed by atoms with E-state index in [1.54, 1.807) is 12.3 Å². The van der Waals surface area contributed by atoms with Crippen molar-refractivity contribution >= 4 is 40.5 Å². The lowest BCUT2D eigenvalue weighted by atomic mass is 10.1. The molecule has 0 amide bonds. The first-order chi connectivity index (χ1) is 8.59. The monoisotopic (exact) mass is 300 g/mol. The fraction of sp³-hybridized carbons (Fsp3) is 0.154. The van der Waals surface area contributed by atoms with Gasteiger partial charge in [-0.1, -0.05) is 46.9 Å². The molecule has 1 unspecified atom stereocenters. The predicted octanol–water partition coefficient (Wildman–Crippen LogP) is 5.21. The normalized spacial score (nSPS) is 12.2. The topological polar surface area (TPSA) is 24.9 Å². The Morgan fingerprint density at radius 2 is 1.89 bits per heavy atom. The molecule has 1 atom stereocenters. The Kier molecular flexibility index (Phi) is 4.33. The van der Waals surface area contributed by atoms with Crippen LogP contribution in [0.15, 0.2) is 36.5 Å². The number of nitrogens with one attached hydrogen (secondary N) is 1. The average Bonchev–Trinajstić information content (AvgIpc) is 2.35. The van der Waals surface area contributed by atoms with Crippen LogP contribution in [0.3, 0.4) is 0 Å². The van der Waals surface area contributed by atoms with Crippen LogP contribution in [0.25, 0.3) is 0 Å². The number of aromatic nitrogens is 1. The van der Waals surface area contributed by atoms with Crippen LogP contribution in [0.1, 0.15) is 18.5 Å². The third kappa shape index (κ3) is 2.89. The fourth-order valence-electron chi connectivity index (χ4n) is 1.66. The molecule has 2 aromatic rings. The van der Waals surface area contributed by atoms with Gasteiger partial charge in [0.25, 0.3) is 0 Å². The van der Waals surface area contributed by atoms with Crippen molar-refractivity contribution in [3.8, 4) is 0 Å². The Hall–Kier alpha value is -0.960. The van der Waals surface area contributed by atoms with Crippen LogP contribution in [0, 0.1) is 0 Å². The van der Waals surface area contributed by atoms with E-state index in [1.807, 2.05) is 31.2 Å². The molecular formula is C13H11Cl3N2. The summed E-state index contributed by atoms with van der Waals surface area (Å²) in [6.45, 7) is 1.99. The van der Waals surface area contributed by atoms with Gasteiger partial charge in [-0.05, 0) is 30.7 Å². The SMILES string of the molecule is CC(Nc1cccnc1Cl)c1cccc(Cl)c1Cl. The van der Waals surface area contributed by atoms with Gasteiger partial charge in [-0.15, -0.1) is 0 Å². The third-order valence-corrected chi connectivity index (χ3v) is 3.71. The summed E-state index contributed by atoms with van der Waals surface area (Å²) in [6, 6.07) is 9.22. The molecule has 1 heterocycles. The Bertz CT molecular complexity index is 558. The fourth-order valence-corrected chi connectivity index (χ4v) is 2.30. The zero-order valence-electron chi connectivity index (χ0n) is 9.62. The predicted molar refractivity (Wildman–Crippen MR) is 77.7 cm³/mol. The molecule has 0 bridgehead atoms. The van der Waals surface area contributed by atoms with Crippen LogP contribution in [0.4, 0.5) is 5.69 Å². The van der Waals surface area contributed by atoms with Gasteiger partial charge < -0.3 is 5.32 Å². The standard InChI is InChI=1S/C13H11Cl3N2/c1-8(9-4-2-5-10(14)12(9)15)18-11-6-3-7-17-13(11)16/h2-8,18H,1H3. The quantitative estimate of drug-likeness (QED) is 0.787. The highest BCUT2D eigenvalue weighted by Crippen LogP contribution is 2.32. The molecule has 2 nitrogen and oxygen atoms in total. The summed E-state index contributed by atoms with van der Waals surface area (Å²) in [5.41, 5.74) is 1.69. The molecular weight excluding hydrogens is 291 g/mol. The largest absolute Gasteiger partial charge is 0.376 e. The Balaban J connectivity index is 2.25. The number of benzene rings is 1. The molecule has 18 heavy (non-hydrogen) atoms. The van der Waals surface area contributed by atoms with Gasteiger partial charge in [0.1, 0.15) is 0 Å². The molecule has 94 valence electrons. The maximum absolute atomic E-state index is 6.17. The van der Waals surface area contributed by atoms with E-state index in [2.05, 4.69) is 10.3 Å². The van der Waals surface area contributed by atoms with Crippen LogP contribution >= 0.6 is 34.8 Å². The van der Waals surface area contributed by atoms with Gasteiger partial charge in [0.15, 0.2) is 5.15 Å². The van der Waals surface area contributed by atoms with E-state index < -0.39 is 0 Å². The maximum Gasteiger partial charge on any atom is 0.152 e. The number of hydrogen-bond acceptors (Lipinski definition) is 2. The first-order valence-corrected chi connectivity index (χ1v) is 6.54. The summed E-state index contributed by atoms with van der Waals surface area (Å²) in [7, 11) is 0. The Labute approximate surface area is 121 Å². The molecule has 0 aliphatic carbocycles. The van der Waals surface area contributed by atoms with E-state index in [4.69, 9.17) is 34.8 Å². The zero-order valence-corrected chi connectivity index (χ0v) is 11.9. The summed E-state index contributed by atoms with van der Waals surface area (Å²) in [6.07, 6.45) is 1.64. The molecule has 1 aromatic carbocycles. The number of anilines is 1. The number of pyridine rings is 1. The van der Waals surface area contributed by atoms with Crippen molar-refractivity contribution < 1.29 is 0 Å². The van der Waals surface area contributed by atoms with Crippen LogP contribution in [0.2, 0.25) is 15.2 Å². The zero-order chi connectivity index (χ0) is 13.1. The highest BCUT2D eigenvalue weighted by atomic mass is 35.5. The summed E-state index contributed by atoms with van der Waals surface area (Å²) < 4.78 is 0. The summed E-state index contributed by atoms with van der Waals surface area (Å²) in [4.78, 5) is 4.01. The molecule has 5 heteroatoms. The lowest BCUT2D eigenvalue weighted by Crippen LogP contribution is -2.08. The second-order valence-electron chi connectivity index (χ2n) is 3.85. The van der Waals surface area contributed by atoms with E-state index in [1.165, 1.54) is 0 Å². The molecule has 0 radical (unpaired) electrons. The van der Waals surface area contributed by atoms with Crippen molar-refractivity contribution in [3.05, 3.63) is 57.3 Å². The van der Waals surface area contributed by atoms with E-state index >= 15 is 0 Å². The van der Waals surface area contributed by atoms with Gasteiger partial charge in [-0.2, -0.15) is 0 Å². The lowest BCUT2D eigenvalue weighted by Gasteiger charge is -2.17. The van der Waals surface area contributed by atoms with Crippen LogP contribution in [-0.2, 0) is 0 Å². The number of rotatable bonds is 3. The van der Waals surface area contributed by atoms with E-state index in [-0.39, 0.29) is 6.04 Å². The molecule has 1 N–H and O–H groups in total. The molecule has 2 rings (SSSR count). The van der Waals surface area contributed by atoms with E-state index in [9.17, 15) is 0 Å². The smallest absolute Gasteiger partial charge is 0.152 e. The third-order valence-electron chi connectivity index (χ3n) is 2.58. The molecule has 0 saturated carbocycles. The molecule has 0 aliphatic rings. The first kappa shape index (κ1) is 13.5. The summed E-state index contributed by atoms with van der Waals surface area (Å²) in [5.74, 6) is 0. The molecule has 0 fully saturated rings. The van der Waals surface area contributed by atoms with Gasteiger partial charge >= 0.3 is 0 Å². The van der Waals surface area contributed by atoms with Gasteiger partial charge in [0.2, 0.25) is 0 Å². The maximum atomic E-state index is 6.17. The minimum Gasteiger partial charge on any atom is -0.376 e. The van der Waals surface area contributed by atoms with Crippen LogP contribution < -0.4 is 5.32 Å². The van der Waals surface area contributed by atoms with Gasteiger partial charge in [-0.3, -0.25) is 0 Å². The van der Waals surface area contributed by atoms with Crippen LogP contribution in [-0.4, -0.2) is 4.98 Å². The highest BCUT2D eigenvalue weighted by Gasteiger charge is 2.12. The van der Waals surface area contributed by atoms with Gasteiger partial charge in [0.05, 0.1) is 21.8 Å². The summed E-state index contributed by atoms with van der Waals surface area (Å²) in [5, 5.41) is 4.79. The Morgan fingerprint density at radius 1 is 1.11 bits per heavy atom. The second-order valence-corrected chi connectivity index (χ2v) is 4.99. The average molecular weight is 302 g/mol. The molecule has 0 spiro atoms. The summed E-state index contributed by atoms with van der Waals surface area (Å²) >= 11 is 18.2. The molecule has 1 aromatic heterocycles. The van der Waals surface area contributed by atoms with Gasteiger partial charge in [0, 0.05) is 6.20 Å². The first-order valence-electron chi connectivity index (χ1n) is 5.40. The van der Waals surface area contributed by atoms with Gasteiger partial charge in [-0.25, -0.2) is 4.98 Å². The minimum atomic E-state index is -0.0158. The minimum absolute atomic E-state index is 0.0158. The van der Waals surface area contributed by atoms with Crippen molar-refractivity contribution in [1.29, 1.82) is 0 Å². The van der Waals surface area contributed by atoms with Crippen molar-refractivity contribution in [2.45, 2.75) is 13.0 Å². The van der Waals surface area contributed by atoms with Crippen molar-refractivity contribution in [2.24, 2.45) is 0 Å². The van der Waals surface area contributed by atoms with E-state index in [0.717, 1.165) is 11.3 Å². The second kappa shape index (κ2) is 5.79. The Morgan fingerprint density at radius 3 is 2.61 bits per heavy atom. The lowest BCUT2D eigenvalue weighted by molar-refractivity contribution is 0.883. The number of nitrogens with zero attached hydrogens (tertiary/aromatic N) is 1. The number of hydrogen-bond donors (Lipinski definition) is 1. The van der Waals surface area contributed by atoms with Crippen molar-refractivity contribution in [1.82, 2.24) is 4.98 Å². The molecule has 0 aliphatic heterocycles.